The number of fused-ring (bicyclic) bond motifs is 2. The van der Waals surface area contributed by atoms with Gasteiger partial charge < -0.3 is 15.0 Å². The molecule has 0 saturated carbocycles. The molecule has 0 saturated heterocycles. The van der Waals surface area contributed by atoms with Crippen LogP contribution in [0.5, 0.6) is 5.75 Å². The van der Waals surface area contributed by atoms with Gasteiger partial charge in [0.1, 0.15) is 17.0 Å². The number of imidazole rings is 1. The molecule has 0 unspecified atom stereocenters. The van der Waals surface area contributed by atoms with Crippen molar-refractivity contribution >= 4 is 27.8 Å². The largest absolute Gasteiger partial charge is 0.497 e. The van der Waals surface area contributed by atoms with Gasteiger partial charge in [-0.15, -0.1) is 0 Å². The molecule has 0 spiro atoms. The summed E-state index contributed by atoms with van der Waals surface area (Å²) in [6, 6.07) is 46.8. The number of pyridine rings is 1. The van der Waals surface area contributed by atoms with Crippen molar-refractivity contribution in [2.75, 3.05) is 7.11 Å². The highest BCUT2D eigenvalue weighted by atomic mass is 16.5. The van der Waals surface area contributed by atoms with Crippen LogP contribution in [0.2, 0.25) is 0 Å². The van der Waals surface area contributed by atoms with E-state index in [4.69, 9.17) is 14.8 Å². The van der Waals surface area contributed by atoms with Crippen molar-refractivity contribution in [2.24, 2.45) is 0 Å². The predicted octanol–water partition coefficient (Wildman–Crippen LogP) is 8.31. The maximum atomic E-state index is 13.6. The number of nitrogens with zero attached hydrogens (tertiary/aromatic N) is 4. The Morgan fingerprint density at radius 1 is 0.780 bits per heavy atom. The van der Waals surface area contributed by atoms with Gasteiger partial charge in [-0.3, -0.25) is 9.78 Å². The fourth-order valence-corrected chi connectivity index (χ4v) is 6.87. The van der Waals surface area contributed by atoms with Crippen LogP contribution in [0.1, 0.15) is 45.8 Å². The summed E-state index contributed by atoms with van der Waals surface area (Å²) < 4.78 is 7.51. The normalized spacial score (nSPS) is 12.2. The summed E-state index contributed by atoms with van der Waals surface area (Å²) in [5.41, 5.74) is 7.22. The van der Waals surface area contributed by atoms with E-state index in [9.17, 15) is 4.79 Å². The van der Waals surface area contributed by atoms with Crippen LogP contribution < -0.4 is 10.1 Å². The zero-order valence-electron chi connectivity index (χ0n) is 27.6. The first-order valence-corrected chi connectivity index (χ1v) is 16.5. The number of aromatic nitrogens is 5. The Morgan fingerprint density at radius 2 is 1.40 bits per heavy atom. The second kappa shape index (κ2) is 12.8. The third-order valence-electron chi connectivity index (χ3n) is 9.29. The third-order valence-corrected chi connectivity index (χ3v) is 9.29. The minimum absolute atomic E-state index is 0.229. The first-order chi connectivity index (χ1) is 24.6. The molecule has 0 aliphatic heterocycles. The minimum Gasteiger partial charge on any atom is -0.497 e. The second-order valence-corrected chi connectivity index (χ2v) is 12.2. The number of carbonyl (C=O) groups is 1. The van der Waals surface area contributed by atoms with Crippen molar-refractivity contribution in [3.8, 4) is 17.0 Å². The fourth-order valence-electron chi connectivity index (χ4n) is 6.87. The molecule has 3 aromatic heterocycles. The molecular formula is C42H34N6O2. The molecule has 8 rings (SSSR count). The number of ether oxygens (including phenoxy) is 1. The number of hydrogen-bond donors (Lipinski definition) is 2. The van der Waals surface area contributed by atoms with E-state index < -0.39 is 5.54 Å². The van der Waals surface area contributed by atoms with Gasteiger partial charge in [0.2, 0.25) is 0 Å². The van der Waals surface area contributed by atoms with Crippen LogP contribution in [0.3, 0.4) is 0 Å². The Morgan fingerprint density at radius 3 is 2.00 bits per heavy atom. The summed E-state index contributed by atoms with van der Waals surface area (Å²) in [6.07, 6.45) is 3.55. The van der Waals surface area contributed by atoms with Crippen LogP contribution >= 0.6 is 0 Å². The molecule has 5 aromatic carbocycles. The molecular weight excluding hydrogens is 621 g/mol. The molecule has 0 aliphatic rings. The number of nitrogens with one attached hydrogen (secondary N) is 2. The Kier molecular flexibility index (Phi) is 7.89. The van der Waals surface area contributed by atoms with Gasteiger partial charge in [-0.05, 0) is 65.6 Å². The SMILES string of the molecule is COc1cccc([C@@H](C)NC(=O)c2nc3cc4c(-c5ccncc5)nn(C(c5ccccc5)(c5ccccc5)c5ccccc5)c4cc3[nH]2)c1. The number of rotatable bonds is 9. The van der Waals surface area contributed by atoms with E-state index in [1.807, 2.05) is 67.6 Å². The fraction of sp³-hybridized carbons (Fsp3) is 0.0952. The Bertz CT molecular complexity index is 2330. The van der Waals surface area contributed by atoms with Gasteiger partial charge in [-0.25, -0.2) is 9.67 Å². The first-order valence-electron chi connectivity index (χ1n) is 16.5. The van der Waals surface area contributed by atoms with Crippen molar-refractivity contribution < 1.29 is 9.53 Å². The summed E-state index contributed by atoms with van der Waals surface area (Å²) in [5.74, 6) is 0.659. The molecule has 1 atom stereocenters. The molecule has 0 fully saturated rings. The Labute approximate surface area is 289 Å². The van der Waals surface area contributed by atoms with Gasteiger partial charge in [0.05, 0.1) is 29.7 Å². The molecule has 0 bridgehead atoms. The van der Waals surface area contributed by atoms with E-state index in [-0.39, 0.29) is 17.8 Å². The summed E-state index contributed by atoms with van der Waals surface area (Å²) >= 11 is 0. The molecule has 8 aromatic rings. The predicted molar refractivity (Wildman–Crippen MR) is 196 cm³/mol. The van der Waals surface area contributed by atoms with Crippen LogP contribution in [-0.4, -0.2) is 37.7 Å². The standard InChI is InChI=1S/C42H34N6O2/c1-28(30-13-12-20-34(25-30)50-2)44-41(49)40-45-36-26-35-38(27-37(36)46-40)48(47-39(35)29-21-23-43-24-22-29)42(31-14-6-3-7-15-31,32-16-8-4-9-17-32)33-18-10-5-11-19-33/h3-28H,1-2H3,(H,44,49)(H,45,46)/t28-/m1/s1. The van der Waals surface area contributed by atoms with Crippen molar-refractivity contribution in [1.29, 1.82) is 0 Å². The van der Waals surface area contributed by atoms with Gasteiger partial charge in [-0.1, -0.05) is 103 Å². The Hall–Kier alpha value is -6.54. The quantitative estimate of drug-likeness (QED) is 0.153. The average molecular weight is 655 g/mol. The maximum Gasteiger partial charge on any atom is 0.287 e. The van der Waals surface area contributed by atoms with Crippen LogP contribution in [0.15, 0.2) is 152 Å². The summed E-state index contributed by atoms with van der Waals surface area (Å²) in [4.78, 5) is 26.0. The number of H-pyrrole nitrogens is 1. The molecule has 0 aliphatic carbocycles. The average Bonchev–Trinajstić information content (AvgIpc) is 3.77. The van der Waals surface area contributed by atoms with Gasteiger partial charge in [0, 0.05) is 23.3 Å². The van der Waals surface area contributed by atoms with E-state index in [0.29, 0.717) is 5.52 Å². The van der Waals surface area contributed by atoms with E-state index >= 15 is 0 Å². The highest BCUT2D eigenvalue weighted by molar-refractivity contribution is 6.03. The first kappa shape index (κ1) is 30.8. The molecule has 50 heavy (non-hydrogen) atoms. The number of methoxy groups -OCH3 is 1. The maximum absolute atomic E-state index is 13.6. The van der Waals surface area contributed by atoms with Gasteiger partial charge in [-0.2, -0.15) is 5.10 Å². The lowest BCUT2D eigenvalue weighted by atomic mass is 9.77. The lowest BCUT2D eigenvalue weighted by Gasteiger charge is -2.37. The molecule has 2 N–H and O–H groups in total. The molecule has 8 nitrogen and oxygen atoms in total. The molecule has 1 amide bonds. The molecule has 244 valence electrons. The van der Waals surface area contributed by atoms with Crippen molar-refractivity contribution in [1.82, 2.24) is 30.0 Å². The smallest absolute Gasteiger partial charge is 0.287 e. The Balaban J connectivity index is 1.35. The van der Waals surface area contributed by atoms with Crippen LogP contribution in [0.4, 0.5) is 0 Å². The zero-order valence-corrected chi connectivity index (χ0v) is 27.6. The zero-order chi connectivity index (χ0) is 34.1. The van der Waals surface area contributed by atoms with E-state index in [0.717, 1.165) is 55.7 Å². The van der Waals surface area contributed by atoms with Gasteiger partial charge in [0.15, 0.2) is 5.82 Å². The number of hydrogen-bond acceptors (Lipinski definition) is 5. The van der Waals surface area contributed by atoms with E-state index in [1.165, 1.54) is 0 Å². The number of benzene rings is 5. The number of carbonyl (C=O) groups excluding carboxylic acids is 1. The van der Waals surface area contributed by atoms with Gasteiger partial charge in [0.25, 0.3) is 5.91 Å². The molecule has 0 radical (unpaired) electrons. The lowest BCUT2D eigenvalue weighted by molar-refractivity contribution is 0.0930. The summed E-state index contributed by atoms with van der Waals surface area (Å²) in [6.45, 7) is 1.94. The van der Waals surface area contributed by atoms with Gasteiger partial charge >= 0.3 is 0 Å². The summed E-state index contributed by atoms with van der Waals surface area (Å²) in [7, 11) is 1.63. The van der Waals surface area contributed by atoms with Crippen molar-refractivity contribution in [3.63, 3.8) is 0 Å². The second-order valence-electron chi connectivity index (χ2n) is 12.2. The third kappa shape index (κ3) is 5.27. The van der Waals surface area contributed by atoms with E-state index in [1.54, 1.807) is 19.5 Å². The topological polar surface area (TPSA) is 97.7 Å². The van der Waals surface area contributed by atoms with Crippen LogP contribution in [0, 0.1) is 0 Å². The van der Waals surface area contributed by atoms with E-state index in [2.05, 4.69) is 98.8 Å². The minimum atomic E-state index is -0.854. The summed E-state index contributed by atoms with van der Waals surface area (Å²) in [5, 5.41) is 9.45. The van der Waals surface area contributed by atoms with Crippen molar-refractivity contribution in [2.45, 2.75) is 18.5 Å². The highest BCUT2D eigenvalue weighted by Crippen LogP contribution is 2.44. The van der Waals surface area contributed by atoms with Crippen LogP contribution in [-0.2, 0) is 5.54 Å². The lowest BCUT2D eigenvalue weighted by Crippen LogP contribution is -2.38. The number of aromatic amines is 1. The molecule has 3 heterocycles. The number of amides is 1. The van der Waals surface area contributed by atoms with Crippen molar-refractivity contribution in [3.05, 3.63) is 180 Å². The highest BCUT2D eigenvalue weighted by Gasteiger charge is 2.41. The monoisotopic (exact) mass is 654 g/mol. The van der Waals surface area contributed by atoms with Crippen LogP contribution in [0.25, 0.3) is 33.2 Å². The molecule has 8 heteroatoms.